The van der Waals surface area contributed by atoms with Gasteiger partial charge in [-0.05, 0) is 42.0 Å². The van der Waals surface area contributed by atoms with Crippen molar-refractivity contribution in [3.8, 4) is 11.5 Å². The molecule has 0 aliphatic carbocycles. The molecule has 1 amide bonds. The first-order valence-corrected chi connectivity index (χ1v) is 10.3. The molecule has 1 aliphatic heterocycles. The van der Waals surface area contributed by atoms with Crippen molar-refractivity contribution < 1.29 is 14.3 Å². The average molecular weight is 436 g/mol. The maximum Gasteiger partial charge on any atom is 0.230 e. The third-order valence-electron chi connectivity index (χ3n) is 4.23. The highest BCUT2D eigenvalue weighted by Crippen LogP contribution is 2.35. The lowest BCUT2D eigenvalue weighted by molar-refractivity contribution is -0.118. The zero-order chi connectivity index (χ0) is 18.6. The van der Waals surface area contributed by atoms with Crippen LogP contribution in [0.2, 0.25) is 0 Å². The van der Waals surface area contributed by atoms with Gasteiger partial charge in [0.2, 0.25) is 5.91 Å². The van der Waals surface area contributed by atoms with Gasteiger partial charge in [0.15, 0.2) is 11.5 Å². The van der Waals surface area contributed by atoms with Gasteiger partial charge < -0.3 is 14.8 Å². The molecule has 0 atom stereocenters. The van der Waals surface area contributed by atoms with Gasteiger partial charge in [-0.15, -0.1) is 11.8 Å². The van der Waals surface area contributed by atoms with E-state index in [0.29, 0.717) is 25.5 Å². The van der Waals surface area contributed by atoms with Gasteiger partial charge in [-0.1, -0.05) is 35.8 Å². The zero-order valence-corrected chi connectivity index (χ0v) is 17.3. The molecule has 1 aliphatic rings. The number of amides is 1. The zero-order valence-electron chi connectivity index (χ0n) is 14.9. The minimum absolute atomic E-state index is 0.0311. The van der Waals surface area contributed by atoms with Gasteiger partial charge in [0, 0.05) is 21.3 Å². The Labute approximate surface area is 166 Å². The highest BCUT2D eigenvalue weighted by Gasteiger charge is 2.24. The highest BCUT2D eigenvalue weighted by atomic mass is 79.9. The molecule has 3 rings (SSSR count). The van der Waals surface area contributed by atoms with Gasteiger partial charge in [-0.2, -0.15) is 0 Å². The number of hydrogen-bond acceptors (Lipinski definition) is 4. The predicted octanol–water partition coefficient (Wildman–Crippen LogP) is 4.41. The van der Waals surface area contributed by atoms with Gasteiger partial charge in [-0.25, -0.2) is 0 Å². The Hall–Kier alpha value is -1.66. The average Bonchev–Trinajstić information content (AvgIpc) is 2.65. The lowest BCUT2D eigenvalue weighted by atomic mass is 9.84. The third kappa shape index (κ3) is 4.95. The molecule has 0 fully saturated rings. The van der Waals surface area contributed by atoms with Crippen molar-refractivity contribution in [3.05, 3.63) is 52.5 Å². The second-order valence-electron chi connectivity index (χ2n) is 6.76. The fraction of sp³-hybridized carbons (Fsp3) is 0.350. The molecule has 0 aromatic heterocycles. The van der Waals surface area contributed by atoms with Crippen molar-refractivity contribution in [2.24, 2.45) is 0 Å². The van der Waals surface area contributed by atoms with Crippen LogP contribution in [0.25, 0.3) is 0 Å². The Kier molecular flexibility index (Phi) is 6.14. The van der Waals surface area contributed by atoms with E-state index in [-0.39, 0.29) is 11.3 Å². The number of halogens is 1. The fourth-order valence-electron chi connectivity index (χ4n) is 2.62. The second-order valence-corrected chi connectivity index (χ2v) is 8.73. The van der Waals surface area contributed by atoms with Crippen LogP contribution in [0.3, 0.4) is 0 Å². The number of hydrogen-bond donors (Lipinski definition) is 1. The second kappa shape index (κ2) is 8.35. The fourth-order valence-corrected chi connectivity index (χ4v) is 3.61. The summed E-state index contributed by atoms with van der Waals surface area (Å²) >= 11 is 4.94. The monoisotopic (exact) mass is 435 g/mol. The summed E-state index contributed by atoms with van der Waals surface area (Å²) in [6, 6.07) is 13.9. The number of thioether (sulfide) groups is 1. The lowest BCUT2D eigenvalue weighted by Gasteiger charge is -2.27. The predicted molar refractivity (Wildman–Crippen MR) is 108 cm³/mol. The molecule has 1 heterocycles. The van der Waals surface area contributed by atoms with E-state index < -0.39 is 0 Å². The molecule has 0 saturated heterocycles. The van der Waals surface area contributed by atoms with Crippen LogP contribution in [0, 0.1) is 0 Å². The number of carbonyl (C=O) groups excluding carboxylic acids is 1. The Bertz CT molecular complexity index is 777. The Morgan fingerprint density at radius 2 is 1.81 bits per heavy atom. The number of ether oxygens (including phenoxy) is 2. The molecule has 1 N–H and O–H groups in total. The number of benzene rings is 2. The Morgan fingerprint density at radius 1 is 1.12 bits per heavy atom. The van der Waals surface area contributed by atoms with E-state index in [4.69, 9.17) is 9.47 Å². The van der Waals surface area contributed by atoms with Crippen LogP contribution in [-0.4, -0.2) is 31.4 Å². The molecule has 138 valence electrons. The molecule has 0 spiro atoms. The van der Waals surface area contributed by atoms with E-state index >= 15 is 0 Å². The highest BCUT2D eigenvalue weighted by molar-refractivity contribution is 9.10. The van der Waals surface area contributed by atoms with Crippen LogP contribution in [0.1, 0.15) is 19.4 Å². The maximum atomic E-state index is 12.2. The quantitative estimate of drug-likeness (QED) is 0.682. The Balaban J connectivity index is 1.54. The minimum atomic E-state index is -0.201. The van der Waals surface area contributed by atoms with Crippen molar-refractivity contribution in [2.75, 3.05) is 25.5 Å². The maximum absolute atomic E-state index is 12.2. The van der Waals surface area contributed by atoms with Crippen molar-refractivity contribution in [1.82, 2.24) is 5.32 Å². The summed E-state index contributed by atoms with van der Waals surface area (Å²) in [7, 11) is 0. The molecule has 6 heteroatoms. The first kappa shape index (κ1) is 19.1. The molecule has 2 aromatic carbocycles. The van der Waals surface area contributed by atoms with Crippen LogP contribution < -0.4 is 14.8 Å². The topological polar surface area (TPSA) is 47.6 Å². The van der Waals surface area contributed by atoms with E-state index in [2.05, 4.69) is 35.1 Å². The van der Waals surface area contributed by atoms with Gasteiger partial charge >= 0.3 is 0 Å². The molecule has 0 unspecified atom stereocenters. The van der Waals surface area contributed by atoms with Crippen LogP contribution in [0.15, 0.2) is 51.8 Å². The van der Waals surface area contributed by atoms with Crippen molar-refractivity contribution in [2.45, 2.75) is 24.2 Å². The number of carbonyl (C=O) groups is 1. The number of nitrogens with one attached hydrogen (secondary N) is 1. The van der Waals surface area contributed by atoms with E-state index in [9.17, 15) is 4.79 Å². The molecule has 4 nitrogen and oxygen atoms in total. The molecular formula is C20H22BrNO3S. The van der Waals surface area contributed by atoms with E-state index in [1.807, 2.05) is 42.5 Å². The molecule has 26 heavy (non-hydrogen) atoms. The van der Waals surface area contributed by atoms with Crippen LogP contribution in [-0.2, 0) is 10.2 Å². The smallest absolute Gasteiger partial charge is 0.230 e. The summed E-state index contributed by atoms with van der Waals surface area (Å²) in [5.74, 6) is 1.99. The molecule has 0 radical (unpaired) electrons. The largest absolute Gasteiger partial charge is 0.486 e. The summed E-state index contributed by atoms with van der Waals surface area (Å²) < 4.78 is 12.3. The molecular weight excluding hydrogens is 414 g/mol. The van der Waals surface area contributed by atoms with Gasteiger partial charge in [-0.3, -0.25) is 4.79 Å². The molecule has 2 aromatic rings. The SMILES string of the molecule is CC(C)(CNC(=O)CSc1ccc(Br)cc1)c1ccc2c(c1)OCCO2. The van der Waals surface area contributed by atoms with Gasteiger partial charge in [0.1, 0.15) is 13.2 Å². The summed E-state index contributed by atoms with van der Waals surface area (Å²) in [5, 5.41) is 3.04. The van der Waals surface area contributed by atoms with Crippen molar-refractivity contribution in [1.29, 1.82) is 0 Å². The van der Waals surface area contributed by atoms with Crippen molar-refractivity contribution in [3.63, 3.8) is 0 Å². The van der Waals surface area contributed by atoms with Gasteiger partial charge in [0.25, 0.3) is 0 Å². The van der Waals surface area contributed by atoms with Crippen LogP contribution in [0.5, 0.6) is 11.5 Å². The first-order valence-electron chi connectivity index (χ1n) is 8.49. The molecule has 0 bridgehead atoms. The number of rotatable bonds is 6. The van der Waals surface area contributed by atoms with Crippen LogP contribution in [0.4, 0.5) is 0 Å². The summed E-state index contributed by atoms with van der Waals surface area (Å²) in [5.41, 5.74) is 0.913. The minimum Gasteiger partial charge on any atom is -0.486 e. The Morgan fingerprint density at radius 3 is 2.54 bits per heavy atom. The lowest BCUT2D eigenvalue weighted by Crippen LogP contribution is -2.37. The third-order valence-corrected chi connectivity index (χ3v) is 5.78. The summed E-state index contributed by atoms with van der Waals surface area (Å²) in [6.07, 6.45) is 0. The molecule has 0 saturated carbocycles. The van der Waals surface area contributed by atoms with E-state index in [0.717, 1.165) is 26.4 Å². The van der Waals surface area contributed by atoms with E-state index in [1.54, 1.807) is 0 Å². The van der Waals surface area contributed by atoms with Crippen LogP contribution >= 0.6 is 27.7 Å². The standard InChI is InChI=1S/C20H22BrNO3S/c1-20(2,14-3-8-17-18(11-14)25-10-9-24-17)13-22-19(23)12-26-16-6-4-15(21)5-7-16/h3-8,11H,9-10,12-13H2,1-2H3,(H,22,23). The normalized spacial score (nSPS) is 13.3. The summed E-state index contributed by atoms with van der Waals surface area (Å²) in [6.45, 7) is 5.94. The summed E-state index contributed by atoms with van der Waals surface area (Å²) in [4.78, 5) is 13.3. The van der Waals surface area contributed by atoms with E-state index in [1.165, 1.54) is 11.8 Å². The number of fused-ring (bicyclic) bond motifs is 1. The first-order chi connectivity index (χ1) is 12.4. The van der Waals surface area contributed by atoms with Gasteiger partial charge in [0.05, 0.1) is 5.75 Å². The van der Waals surface area contributed by atoms with Crippen molar-refractivity contribution >= 4 is 33.6 Å².